The van der Waals surface area contributed by atoms with Crippen molar-refractivity contribution >= 4 is 17.4 Å². The van der Waals surface area contributed by atoms with E-state index in [9.17, 15) is 17.9 Å². The molecular weight excluding hydrogens is 289 g/mol. The number of rotatable bonds is 5. The average Bonchev–Trinajstić information content (AvgIpc) is 2.40. The van der Waals surface area contributed by atoms with Crippen LogP contribution in [0.15, 0.2) is 0 Å². The lowest BCUT2D eigenvalue weighted by molar-refractivity contribution is -0.880. The lowest BCUT2D eigenvalue weighted by atomic mass is 9.96. The van der Waals surface area contributed by atoms with E-state index in [1.165, 1.54) is 6.26 Å². The number of likely N-dealkylation sites (tertiary alicyclic amines) is 1. The lowest BCUT2D eigenvalue weighted by Crippen LogP contribution is -3.10. The van der Waals surface area contributed by atoms with Crippen molar-refractivity contribution < 1.29 is 27.7 Å². The molecule has 19 heavy (non-hydrogen) atoms. The first kappa shape index (κ1) is 21.4. The average molecular weight is 317 g/mol. The monoisotopic (exact) mass is 317 g/mol. The molecule has 1 fully saturated rings. The molecule has 118 valence electrons. The van der Waals surface area contributed by atoms with Gasteiger partial charge in [-0.25, -0.2) is 8.42 Å². The van der Waals surface area contributed by atoms with Gasteiger partial charge in [-0.2, -0.15) is 0 Å². The number of sulfone groups is 1. The smallest absolute Gasteiger partial charge is 0.187 e. The fraction of sp³-hybridized carbons (Fsp3) is 1.00. The Balaban J connectivity index is 0. The topological polar surface area (TPSA) is 98.9 Å². The molecule has 1 saturated heterocycles. The number of hydrogen-bond acceptors (Lipinski definition) is 4. The highest BCUT2D eigenvalue weighted by Crippen LogP contribution is 2.26. The second kappa shape index (κ2) is 7.74. The third-order valence-electron chi connectivity index (χ3n) is 3.23. The van der Waals surface area contributed by atoms with Crippen molar-refractivity contribution in [3.63, 3.8) is 0 Å². The van der Waals surface area contributed by atoms with Crippen LogP contribution in [0.1, 0.15) is 28.2 Å². The standard InChI is InChI=1S/C9H20NO5PS.2CH4/c1-3-8-4-10(7-16(11,12)13)5-9(8)6-17(2,14)15;;/h8-9H,3-7H2,1-2H3,(H2,11,12,13);2*1H4. The van der Waals surface area contributed by atoms with Crippen molar-refractivity contribution in [1.82, 2.24) is 0 Å². The molecule has 0 aliphatic carbocycles. The van der Waals surface area contributed by atoms with Crippen molar-refractivity contribution in [3.05, 3.63) is 0 Å². The van der Waals surface area contributed by atoms with Crippen LogP contribution >= 0.6 is 7.60 Å². The molecular formula is C11H28NO5PS. The van der Waals surface area contributed by atoms with E-state index in [0.717, 1.165) is 11.3 Å². The van der Waals surface area contributed by atoms with Crippen LogP contribution in [0, 0.1) is 11.8 Å². The van der Waals surface area contributed by atoms with Crippen LogP contribution in [0.5, 0.6) is 0 Å². The molecule has 0 bridgehead atoms. The second-order valence-corrected chi connectivity index (χ2v) is 8.75. The molecule has 4 unspecified atom stereocenters. The van der Waals surface area contributed by atoms with Crippen LogP contribution in [-0.4, -0.2) is 44.7 Å². The molecule has 0 amide bonds. The molecule has 4 atom stereocenters. The van der Waals surface area contributed by atoms with Crippen LogP contribution in [0.3, 0.4) is 0 Å². The predicted octanol–water partition coefficient (Wildman–Crippen LogP) is -0.653. The zero-order valence-electron chi connectivity index (χ0n) is 10.1. The molecule has 8 heteroatoms. The summed E-state index contributed by atoms with van der Waals surface area (Å²) in [5.41, 5.74) is 0. The van der Waals surface area contributed by atoms with Gasteiger partial charge in [-0.3, -0.25) is 0 Å². The summed E-state index contributed by atoms with van der Waals surface area (Å²) >= 11 is 0. The van der Waals surface area contributed by atoms with Gasteiger partial charge in [0.1, 0.15) is 16.1 Å². The lowest BCUT2D eigenvalue weighted by Gasteiger charge is -2.20. The van der Waals surface area contributed by atoms with Crippen molar-refractivity contribution in [2.45, 2.75) is 28.2 Å². The first-order valence-electron chi connectivity index (χ1n) is 5.65. The first-order valence-corrected chi connectivity index (χ1v) is 9.47. The van der Waals surface area contributed by atoms with Crippen LogP contribution < -0.4 is 9.79 Å². The third kappa shape index (κ3) is 8.05. The minimum Gasteiger partial charge on any atom is -0.775 e. The van der Waals surface area contributed by atoms with Gasteiger partial charge in [0.15, 0.2) is 7.60 Å². The van der Waals surface area contributed by atoms with Gasteiger partial charge < -0.3 is 19.3 Å². The number of quaternary nitrogens is 1. The van der Waals surface area contributed by atoms with Gasteiger partial charge in [0.25, 0.3) is 0 Å². The highest BCUT2D eigenvalue weighted by atomic mass is 32.2. The summed E-state index contributed by atoms with van der Waals surface area (Å²) in [5, 5.41) is 0. The summed E-state index contributed by atoms with van der Waals surface area (Å²) in [6.45, 7) is 3.08. The molecule has 6 nitrogen and oxygen atoms in total. The number of hydrogen-bond donors (Lipinski definition) is 2. The quantitative estimate of drug-likeness (QED) is 0.656. The Labute approximate surface area is 117 Å². The minimum absolute atomic E-state index is 0. The van der Waals surface area contributed by atoms with Gasteiger partial charge in [0.05, 0.1) is 18.8 Å². The van der Waals surface area contributed by atoms with Crippen molar-refractivity contribution in [2.24, 2.45) is 11.8 Å². The second-order valence-electron chi connectivity index (χ2n) is 4.97. The Bertz CT molecular complexity index is 405. The Morgan fingerprint density at radius 1 is 1.32 bits per heavy atom. The van der Waals surface area contributed by atoms with E-state index in [1.54, 1.807) is 0 Å². The molecule has 0 saturated carbocycles. The maximum Gasteiger partial charge on any atom is 0.187 e. The summed E-state index contributed by atoms with van der Waals surface area (Å²) < 4.78 is 33.3. The van der Waals surface area contributed by atoms with Crippen LogP contribution in [-0.2, 0) is 14.4 Å². The molecule has 1 aliphatic rings. The highest BCUT2D eigenvalue weighted by molar-refractivity contribution is 7.90. The maximum absolute atomic E-state index is 11.3. The van der Waals surface area contributed by atoms with E-state index in [0.29, 0.717) is 13.1 Å². The molecule has 1 heterocycles. The van der Waals surface area contributed by atoms with Gasteiger partial charge in [-0.05, 0) is 6.42 Å². The van der Waals surface area contributed by atoms with Gasteiger partial charge in [-0.15, -0.1) is 0 Å². The summed E-state index contributed by atoms with van der Waals surface area (Å²) in [5.74, 6) is 0.312. The summed E-state index contributed by atoms with van der Waals surface area (Å²) in [7, 11) is -7.31. The minimum atomic E-state index is -4.27. The van der Waals surface area contributed by atoms with Crippen molar-refractivity contribution in [2.75, 3.05) is 31.4 Å². The van der Waals surface area contributed by atoms with Crippen LogP contribution in [0.4, 0.5) is 0 Å². The normalized spacial score (nSPS) is 30.0. The third-order valence-corrected chi connectivity index (χ3v) is 5.11. The summed E-state index contributed by atoms with van der Waals surface area (Å²) in [4.78, 5) is 20.4. The fourth-order valence-corrected chi connectivity index (χ4v) is 4.62. The molecule has 0 spiro atoms. The molecule has 0 aromatic rings. The Morgan fingerprint density at radius 3 is 2.16 bits per heavy atom. The molecule has 0 aromatic carbocycles. The zero-order valence-corrected chi connectivity index (χ0v) is 11.8. The van der Waals surface area contributed by atoms with Gasteiger partial charge in [0, 0.05) is 18.1 Å². The van der Waals surface area contributed by atoms with Crippen molar-refractivity contribution in [3.8, 4) is 0 Å². The first-order chi connectivity index (χ1) is 7.61. The van der Waals surface area contributed by atoms with E-state index < -0.39 is 17.4 Å². The van der Waals surface area contributed by atoms with E-state index in [4.69, 9.17) is 4.89 Å². The van der Waals surface area contributed by atoms with E-state index in [2.05, 4.69) is 0 Å². The number of nitrogens with one attached hydrogen (secondary N) is 1. The summed E-state index contributed by atoms with van der Waals surface area (Å²) in [6.07, 6.45) is 1.73. The van der Waals surface area contributed by atoms with Gasteiger partial charge in [0.2, 0.25) is 0 Å². The molecule has 1 rings (SSSR count). The van der Waals surface area contributed by atoms with Crippen LogP contribution in [0.2, 0.25) is 0 Å². The van der Waals surface area contributed by atoms with Crippen molar-refractivity contribution in [1.29, 1.82) is 0 Å². The molecule has 2 N–H and O–H groups in total. The maximum atomic E-state index is 11.3. The van der Waals surface area contributed by atoms with E-state index in [-0.39, 0.29) is 38.7 Å². The highest BCUT2D eigenvalue weighted by Gasteiger charge is 2.37. The molecule has 0 radical (unpaired) electrons. The SMILES string of the molecule is C.C.CCC1C[NH+](CP(=O)([O-])O)CC1CS(C)(=O)=O. The van der Waals surface area contributed by atoms with Crippen LogP contribution in [0.25, 0.3) is 0 Å². The zero-order chi connectivity index (χ0) is 13.3. The predicted molar refractivity (Wildman–Crippen MR) is 75.8 cm³/mol. The van der Waals surface area contributed by atoms with E-state index in [1.807, 2.05) is 6.92 Å². The largest absolute Gasteiger partial charge is 0.775 e. The van der Waals surface area contributed by atoms with Gasteiger partial charge >= 0.3 is 0 Å². The summed E-state index contributed by atoms with van der Waals surface area (Å²) in [6, 6.07) is 0. The fourth-order valence-electron chi connectivity index (χ4n) is 2.63. The molecule has 0 aromatic heterocycles. The molecule has 1 aliphatic heterocycles. The Morgan fingerprint density at radius 2 is 1.79 bits per heavy atom. The van der Waals surface area contributed by atoms with Gasteiger partial charge in [-0.1, -0.05) is 21.8 Å². The van der Waals surface area contributed by atoms with E-state index >= 15 is 0 Å². The Hall–Kier alpha value is 0.0600. The Kier molecular flexibility index (Phi) is 8.70.